The molecular formula is C18H15N3O4S. The first-order chi connectivity index (χ1) is 12.7. The molecule has 1 aromatic carbocycles. The summed E-state index contributed by atoms with van der Waals surface area (Å²) in [6.45, 7) is 0.539. The van der Waals surface area contributed by atoms with Crippen LogP contribution in [-0.4, -0.2) is 27.8 Å². The molecular weight excluding hydrogens is 354 g/mol. The maximum absolute atomic E-state index is 12.2. The number of benzene rings is 1. The third-order valence-corrected chi connectivity index (χ3v) is 4.77. The van der Waals surface area contributed by atoms with Gasteiger partial charge >= 0.3 is 0 Å². The Hall–Kier alpha value is -2.97. The van der Waals surface area contributed by atoms with E-state index in [1.165, 1.54) is 11.3 Å². The van der Waals surface area contributed by atoms with Crippen LogP contribution in [0.2, 0.25) is 0 Å². The Bertz CT molecular complexity index is 929. The zero-order chi connectivity index (χ0) is 17.9. The molecule has 4 rings (SSSR count). The molecule has 0 aliphatic carbocycles. The third-order valence-electron chi connectivity index (χ3n) is 3.88. The van der Waals surface area contributed by atoms with Gasteiger partial charge in [-0.2, -0.15) is 0 Å². The summed E-state index contributed by atoms with van der Waals surface area (Å²) in [7, 11) is 0. The average molecular weight is 369 g/mol. The fourth-order valence-electron chi connectivity index (χ4n) is 2.52. The fourth-order valence-corrected chi connectivity index (χ4v) is 3.33. The largest absolute Gasteiger partial charge is 0.454 e. The molecule has 3 heterocycles. The lowest BCUT2D eigenvalue weighted by Gasteiger charge is -2.08. The lowest BCUT2D eigenvalue weighted by Crippen LogP contribution is -2.23. The molecule has 1 aliphatic rings. The van der Waals surface area contributed by atoms with E-state index in [0.29, 0.717) is 28.6 Å². The van der Waals surface area contributed by atoms with Crippen LogP contribution in [0.1, 0.15) is 32.7 Å². The number of ether oxygens (including phenoxy) is 2. The fraction of sp³-hybridized carbons (Fsp3) is 0.167. The van der Waals surface area contributed by atoms with Gasteiger partial charge in [0, 0.05) is 24.3 Å². The Balaban J connectivity index is 1.44. The van der Waals surface area contributed by atoms with Crippen molar-refractivity contribution in [1.82, 2.24) is 15.3 Å². The van der Waals surface area contributed by atoms with Crippen LogP contribution in [0, 0.1) is 0 Å². The molecule has 0 radical (unpaired) electrons. The van der Waals surface area contributed by atoms with Crippen LogP contribution in [0.3, 0.4) is 0 Å². The Morgan fingerprint density at radius 3 is 3.04 bits per heavy atom. The van der Waals surface area contributed by atoms with E-state index in [2.05, 4.69) is 15.3 Å². The first-order valence-corrected chi connectivity index (χ1v) is 8.79. The number of hydrogen-bond acceptors (Lipinski definition) is 7. The summed E-state index contributed by atoms with van der Waals surface area (Å²) in [4.78, 5) is 20.5. The second-order valence-corrected chi connectivity index (χ2v) is 6.52. The van der Waals surface area contributed by atoms with Gasteiger partial charge in [-0.05, 0) is 29.3 Å². The van der Waals surface area contributed by atoms with Crippen molar-refractivity contribution in [1.29, 1.82) is 0 Å². The third kappa shape index (κ3) is 3.37. The zero-order valence-corrected chi connectivity index (χ0v) is 14.4. The van der Waals surface area contributed by atoms with Crippen LogP contribution in [-0.2, 0) is 6.54 Å². The summed E-state index contributed by atoms with van der Waals surface area (Å²) < 4.78 is 10.6. The van der Waals surface area contributed by atoms with Gasteiger partial charge in [-0.3, -0.25) is 9.78 Å². The number of rotatable bonds is 5. The maximum atomic E-state index is 12.2. The number of fused-ring (bicyclic) bond motifs is 1. The number of thiazole rings is 1. The SMILES string of the molecule is O=C(NCc1cccnc1)c1csc(C(O)c2ccc3c(c2)OCO3)n1. The van der Waals surface area contributed by atoms with E-state index in [9.17, 15) is 9.90 Å². The molecule has 7 nitrogen and oxygen atoms in total. The molecule has 0 bridgehead atoms. The van der Waals surface area contributed by atoms with Crippen molar-refractivity contribution in [3.63, 3.8) is 0 Å². The van der Waals surface area contributed by atoms with Gasteiger partial charge in [0.25, 0.3) is 5.91 Å². The number of nitrogens with zero attached hydrogens (tertiary/aromatic N) is 2. The van der Waals surface area contributed by atoms with Crippen LogP contribution < -0.4 is 14.8 Å². The summed E-state index contributed by atoms with van der Waals surface area (Å²) in [5, 5.41) is 15.4. The number of carbonyl (C=O) groups is 1. The van der Waals surface area contributed by atoms with Crippen molar-refractivity contribution in [2.24, 2.45) is 0 Å². The predicted octanol–water partition coefficient (Wildman–Crippen LogP) is 2.28. The van der Waals surface area contributed by atoms with E-state index in [4.69, 9.17) is 9.47 Å². The minimum Gasteiger partial charge on any atom is -0.454 e. The Kier molecular flexibility index (Phi) is 4.51. The Morgan fingerprint density at radius 2 is 2.19 bits per heavy atom. The van der Waals surface area contributed by atoms with Crippen molar-refractivity contribution in [3.8, 4) is 11.5 Å². The standard InChI is InChI=1S/C18H15N3O4S/c22-16(12-3-4-14-15(6-12)25-10-24-14)18-21-13(9-26-18)17(23)20-8-11-2-1-5-19-7-11/h1-7,9,16,22H,8,10H2,(H,20,23). The predicted molar refractivity (Wildman–Crippen MR) is 94.1 cm³/mol. The van der Waals surface area contributed by atoms with Crippen LogP contribution in [0.25, 0.3) is 0 Å². The van der Waals surface area contributed by atoms with Crippen LogP contribution in [0.15, 0.2) is 48.1 Å². The molecule has 3 aromatic rings. The van der Waals surface area contributed by atoms with E-state index in [-0.39, 0.29) is 18.4 Å². The molecule has 0 saturated heterocycles. The lowest BCUT2D eigenvalue weighted by atomic mass is 10.1. The number of pyridine rings is 1. The molecule has 1 aliphatic heterocycles. The van der Waals surface area contributed by atoms with Gasteiger partial charge in [0.05, 0.1) is 0 Å². The van der Waals surface area contributed by atoms with Crippen molar-refractivity contribution < 1.29 is 19.4 Å². The highest BCUT2D eigenvalue weighted by molar-refractivity contribution is 7.09. The maximum Gasteiger partial charge on any atom is 0.271 e. The van der Waals surface area contributed by atoms with E-state index in [1.807, 2.05) is 12.1 Å². The molecule has 2 N–H and O–H groups in total. The topological polar surface area (TPSA) is 93.6 Å². The summed E-state index contributed by atoms with van der Waals surface area (Å²) in [5.74, 6) is 0.942. The summed E-state index contributed by atoms with van der Waals surface area (Å²) in [5.41, 5.74) is 1.80. The molecule has 0 spiro atoms. The molecule has 1 unspecified atom stereocenters. The zero-order valence-electron chi connectivity index (χ0n) is 13.6. The Labute approximate surface area is 153 Å². The molecule has 26 heavy (non-hydrogen) atoms. The highest BCUT2D eigenvalue weighted by Gasteiger charge is 2.21. The molecule has 0 fully saturated rings. The van der Waals surface area contributed by atoms with E-state index in [1.54, 1.807) is 36.0 Å². The van der Waals surface area contributed by atoms with Crippen LogP contribution >= 0.6 is 11.3 Å². The number of hydrogen-bond donors (Lipinski definition) is 2. The first kappa shape index (κ1) is 16.5. The number of amides is 1. The van der Waals surface area contributed by atoms with Crippen LogP contribution in [0.5, 0.6) is 11.5 Å². The van der Waals surface area contributed by atoms with Crippen molar-refractivity contribution >= 4 is 17.2 Å². The van der Waals surface area contributed by atoms with E-state index in [0.717, 1.165) is 5.56 Å². The second-order valence-electron chi connectivity index (χ2n) is 5.63. The van der Waals surface area contributed by atoms with Gasteiger partial charge in [0.1, 0.15) is 16.8 Å². The van der Waals surface area contributed by atoms with Gasteiger partial charge in [0.2, 0.25) is 6.79 Å². The molecule has 8 heteroatoms. The number of aromatic nitrogens is 2. The summed E-state index contributed by atoms with van der Waals surface area (Å²) >= 11 is 1.23. The minimum absolute atomic E-state index is 0.174. The smallest absolute Gasteiger partial charge is 0.271 e. The van der Waals surface area contributed by atoms with E-state index < -0.39 is 6.10 Å². The second kappa shape index (κ2) is 7.11. The molecule has 132 valence electrons. The molecule has 1 amide bonds. The molecule has 0 saturated carbocycles. The van der Waals surface area contributed by atoms with Crippen molar-refractivity contribution in [2.75, 3.05) is 6.79 Å². The monoisotopic (exact) mass is 369 g/mol. The highest BCUT2D eigenvalue weighted by atomic mass is 32.1. The minimum atomic E-state index is -0.936. The highest BCUT2D eigenvalue weighted by Crippen LogP contribution is 2.36. The summed E-state index contributed by atoms with van der Waals surface area (Å²) in [6, 6.07) is 8.90. The number of aliphatic hydroxyl groups excluding tert-OH is 1. The molecule has 1 atom stereocenters. The van der Waals surface area contributed by atoms with E-state index >= 15 is 0 Å². The van der Waals surface area contributed by atoms with Gasteiger partial charge in [-0.15, -0.1) is 11.3 Å². The Morgan fingerprint density at radius 1 is 1.31 bits per heavy atom. The normalized spacial score (nSPS) is 13.4. The number of carbonyl (C=O) groups excluding carboxylic acids is 1. The quantitative estimate of drug-likeness (QED) is 0.717. The lowest BCUT2D eigenvalue weighted by molar-refractivity contribution is 0.0946. The number of nitrogens with one attached hydrogen (secondary N) is 1. The average Bonchev–Trinajstić information content (AvgIpc) is 3.35. The molecule has 2 aromatic heterocycles. The number of aliphatic hydroxyl groups is 1. The summed E-state index contributed by atoms with van der Waals surface area (Å²) in [6.07, 6.45) is 2.43. The van der Waals surface area contributed by atoms with Gasteiger partial charge in [0.15, 0.2) is 11.5 Å². The van der Waals surface area contributed by atoms with Gasteiger partial charge in [-0.25, -0.2) is 4.98 Å². The van der Waals surface area contributed by atoms with Gasteiger partial charge in [-0.1, -0.05) is 12.1 Å². The van der Waals surface area contributed by atoms with Crippen molar-refractivity contribution in [2.45, 2.75) is 12.6 Å². The van der Waals surface area contributed by atoms with Crippen molar-refractivity contribution in [3.05, 3.63) is 69.9 Å². The van der Waals surface area contributed by atoms with Crippen LogP contribution in [0.4, 0.5) is 0 Å². The first-order valence-electron chi connectivity index (χ1n) is 7.91. The van der Waals surface area contributed by atoms with Gasteiger partial charge < -0.3 is 19.9 Å².